The Bertz CT molecular complexity index is 3220. The number of aromatic nitrogens is 4. The van der Waals surface area contributed by atoms with Gasteiger partial charge in [-0.05, 0) is 76.5 Å². The Kier molecular flexibility index (Phi) is 7.00. The summed E-state index contributed by atoms with van der Waals surface area (Å²) in [7, 11) is 0. The van der Waals surface area contributed by atoms with E-state index in [1.807, 2.05) is 29.5 Å². The van der Waals surface area contributed by atoms with Gasteiger partial charge in [0.1, 0.15) is 0 Å². The van der Waals surface area contributed by atoms with E-state index in [0.717, 1.165) is 55.1 Å². The van der Waals surface area contributed by atoms with Crippen LogP contribution < -0.4 is 0 Å². The van der Waals surface area contributed by atoms with Gasteiger partial charge in [-0.25, -0.2) is 15.0 Å². The topological polar surface area (TPSA) is 43.6 Å². The van der Waals surface area contributed by atoms with E-state index in [9.17, 15) is 0 Å². The number of hydrogen-bond donors (Lipinski definition) is 0. The molecular formula is C49H30N4S. The van der Waals surface area contributed by atoms with Gasteiger partial charge in [-0.3, -0.25) is 0 Å². The fraction of sp³-hybridized carbons (Fsp3) is 0. The number of benzene rings is 8. The van der Waals surface area contributed by atoms with Gasteiger partial charge in [-0.1, -0.05) is 127 Å². The predicted octanol–water partition coefficient (Wildman–Crippen LogP) is 13.2. The summed E-state index contributed by atoms with van der Waals surface area (Å²) >= 11 is 1.85. The number of para-hydroxylation sites is 2. The van der Waals surface area contributed by atoms with E-state index in [2.05, 4.69) is 168 Å². The van der Waals surface area contributed by atoms with E-state index in [0.29, 0.717) is 17.5 Å². The van der Waals surface area contributed by atoms with Crippen molar-refractivity contribution < 1.29 is 0 Å². The minimum absolute atomic E-state index is 0.637. The molecular weight excluding hydrogens is 677 g/mol. The molecule has 0 unspecified atom stereocenters. The van der Waals surface area contributed by atoms with E-state index in [1.54, 1.807) is 0 Å². The van der Waals surface area contributed by atoms with E-state index >= 15 is 0 Å². The van der Waals surface area contributed by atoms with Crippen molar-refractivity contribution in [3.05, 3.63) is 182 Å². The fourth-order valence-electron chi connectivity index (χ4n) is 7.93. The zero-order chi connectivity index (χ0) is 35.6. The molecule has 54 heavy (non-hydrogen) atoms. The predicted molar refractivity (Wildman–Crippen MR) is 226 cm³/mol. The molecule has 0 radical (unpaired) electrons. The quantitative estimate of drug-likeness (QED) is 0.179. The number of thiophene rings is 1. The van der Waals surface area contributed by atoms with Crippen molar-refractivity contribution in [1.82, 2.24) is 19.5 Å². The second-order valence-corrected chi connectivity index (χ2v) is 14.7. The van der Waals surface area contributed by atoms with Crippen LogP contribution in [0.15, 0.2) is 182 Å². The normalized spacial score (nSPS) is 11.7. The van der Waals surface area contributed by atoms with Crippen molar-refractivity contribution in [3.8, 4) is 51.0 Å². The maximum Gasteiger partial charge on any atom is 0.164 e. The van der Waals surface area contributed by atoms with Crippen molar-refractivity contribution in [2.45, 2.75) is 0 Å². The van der Waals surface area contributed by atoms with Crippen LogP contribution in [0.5, 0.6) is 0 Å². The summed E-state index contributed by atoms with van der Waals surface area (Å²) in [4.78, 5) is 15.7. The standard InChI is InChI=1S/C49H30N4S/c1-3-14-31(15-4-1)47-50-48(33-26-27-44-41(29-33)38-20-9-11-24-43(38)53(44)35-17-5-2-6-18-35)52-49(51-47)42-30-34(28-32-16-7-8-19-36(32)42)37-22-13-23-40-39-21-10-12-25-45(39)54-46(37)40/h1-30H. The molecule has 4 nitrogen and oxygen atoms in total. The zero-order valence-corrected chi connectivity index (χ0v) is 29.8. The Labute approximate surface area is 315 Å². The van der Waals surface area contributed by atoms with Crippen LogP contribution in [0.25, 0.3) is 104 Å². The highest BCUT2D eigenvalue weighted by atomic mass is 32.1. The van der Waals surface area contributed by atoms with Gasteiger partial charge in [0.05, 0.1) is 11.0 Å². The highest BCUT2D eigenvalue weighted by Gasteiger charge is 2.19. The Morgan fingerprint density at radius 3 is 1.87 bits per heavy atom. The Hall–Kier alpha value is -6.95. The maximum absolute atomic E-state index is 5.31. The van der Waals surface area contributed by atoms with E-state index in [-0.39, 0.29) is 0 Å². The minimum atomic E-state index is 0.637. The molecule has 0 saturated heterocycles. The fourth-order valence-corrected chi connectivity index (χ4v) is 9.17. The van der Waals surface area contributed by atoms with Crippen LogP contribution in [-0.2, 0) is 0 Å². The summed E-state index contributed by atoms with van der Waals surface area (Å²) in [6.45, 7) is 0. The molecule has 11 aromatic rings. The van der Waals surface area contributed by atoms with Gasteiger partial charge in [-0.2, -0.15) is 0 Å². The van der Waals surface area contributed by atoms with Crippen LogP contribution >= 0.6 is 11.3 Å². The summed E-state index contributed by atoms with van der Waals surface area (Å²) in [5, 5.41) is 7.15. The smallest absolute Gasteiger partial charge is 0.164 e. The second-order valence-electron chi connectivity index (χ2n) is 13.6. The summed E-state index contributed by atoms with van der Waals surface area (Å²) in [6.07, 6.45) is 0. The van der Waals surface area contributed by atoms with Crippen molar-refractivity contribution in [1.29, 1.82) is 0 Å². The molecule has 0 spiro atoms. The average molecular weight is 707 g/mol. The Morgan fingerprint density at radius 2 is 1.02 bits per heavy atom. The largest absolute Gasteiger partial charge is 0.309 e. The Morgan fingerprint density at radius 1 is 0.370 bits per heavy atom. The lowest BCUT2D eigenvalue weighted by Gasteiger charge is -2.13. The molecule has 8 aromatic carbocycles. The molecule has 252 valence electrons. The van der Waals surface area contributed by atoms with Gasteiger partial charge in [0.25, 0.3) is 0 Å². The van der Waals surface area contributed by atoms with Crippen molar-refractivity contribution >= 4 is 64.1 Å². The summed E-state index contributed by atoms with van der Waals surface area (Å²) in [6, 6.07) is 64.4. The third kappa shape index (κ3) is 4.94. The molecule has 0 aliphatic carbocycles. The molecule has 3 aromatic heterocycles. The van der Waals surface area contributed by atoms with Gasteiger partial charge in [0.2, 0.25) is 0 Å². The first-order valence-corrected chi connectivity index (χ1v) is 18.9. The minimum Gasteiger partial charge on any atom is -0.309 e. The highest BCUT2D eigenvalue weighted by molar-refractivity contribution is 7.26. The number of nitrogens with zero attached hydrogens (tertiary/aromatic N) is 4. The third-order valence-electron chi connectivity index (χ3n) is 10.4. The third-order valence-corrected chi connectivity index (χ3v) is 11.7. The summed E-state index contributed by atoms with van der Waals surface area (Å²) in [5.74, 6) is 1.93. The summed E-state index contributed by atoms with van der Waals surface area (Å²) < 4.78 is 4.90. The molecule has 11 rings (SSSR count). The highest BCUT2D eigenvalue weighted by Crippen LogP contribution is 2.42. The van der Waals surface area contributed by atoms with Crippen LogP contribution in [0.3, 0.4) is 0 Å². The van der Waals surface area contributed by atoms with Gasteiger partial charge in [-0.15, -0.1) is 11.3 Å². The lowest BCUT2D eigenvalue weighted by Crippen LogP contribution is -2.01. The second kappa shape index (κ2) is 12.3. The van der Waals surface area contributed by atoms with Crippen LogP contribution in [0.4, 0.5) is 0 Å². The van der Waals surface area contributed by atoms with E-state index < -0.39 is 0 Å². The lowest BCUT2D eigenvalue weighted by atomic mass is 9.95. The zero-order valence-electron chi connectivity index (χ0n) is 29.0. The molecule has 0 aliphatic heterocycles. The monoisotopic (exact) mass is 706 g/mol. The first kappa shape index (κ1) is 30.7. The van der Waals surface area contributed by atoms with Crippen LogP contribution in [-0.4, -0.2) is 19.5 Å². The molecule has 0 aliphatic rings. The van der Waals surface area contributed by atoms with E-state index in [4.69, 9.17) is 15.0 Å². The van der Waals surface area contributed by atoms with Gasteiger partial charge < -0.3 is 4.57 Å². The van der Waals surface area contributed by atoms with Crippen LogP contribution in [0.1, 0.15) is 0 Å². The van der Waals surface area contributed by atoms with Gasteiger partial charge in [0.15, 0.2) is 17.5 Å². The lowest BCUT2D eigenvalue weighted by molar-refractivity contribution is 1.08. The maximum atomic E-state index is 5.31. The molecule has 0 amide bonds. The Balaban J connectivity index is 1.15. The van der Waals surface area contributed by atoms with E-state index in [1.165, 1.54) is 31.1 Å². The summed E-state index contributed by atoms with van der Waals surface area (Å²) in [5.41, 5.74) is 8.63. The molecule has 0 atom stereocenters. The molecule has 3 heterocycles. The SMILES string of the molecule is c1ccc(-c2nc(-c3ccc4c(c3)c3ccccc3n4-c3ccccc3)nc(-c3cc(-c4cccc5c4sc4ccccc45)cc4ccccc34)n2)cc1. The van der Waals surface area contributed by atoms with Crippen molar-refractivity contribution in [2.75, 3.05) is 0 Å². The van der Waals surface area contributed by atoms with Gasteiger partial charge >= 0.3 is 0 Å². The van der Waals surface area contributed by atoms with Crippen molar-refractivity contribution in [3.63, 3.8) is 0 Å². The number of rotatable bonds is 5. The average Bonchev–Trinajstić information content (AvgIpc) is 3.79. The molecule has 5 heteroatoms. The molecule has 0 saturated carbocycles. The number of hydrogen-bond acceptors (Lipinski definition) is 4. The first-order chi connectivity index (χ1) is 26.8. The molecule has 0 bridgehead atoms. The van der Waals surface area contributed by atoms with Crippen LogP contribution in [0, 0.1) is 0 Å². The van der Waals surface area contributed by atoms with Crippen molar-refractivity contribution in [2.24, 2.45) is 0 Å². The molecule has 0 N–H and O–H groups in total. The number of fused-ring (bicyclic) bond motifs is 7. The molecule has 0 fully saturated rings. The van der Waals surface area contributed by atoms with Gasteiger partial charge in [0, 0.05) is 53.3 Å². The first-order valence-electron chi connectivity index (χ1n) is 18.1. The van der Waals surface area contributed by atoms with Crippen LogP contribution in [0.2, 0.25) is 0 Å².